The van der Waals surface area contributed by atoms with E-state index in [9.17, 15) is 19.8 Å². The van der Waals surface area contributed by atoms with Crippen molar-refractivity contribution in [2.75, 3.05) is 0 Å². The Labute approximate surface area is 116 Å². The Morgan fingerprint density at radius 1 is 1.05 bits per heavy atom. The molecule has 0 aromatic rings. The summed E-state index contributed by atoms with van der Waals surface area (Å²) in [4.78, 5) is 23.2. The van der Waals surface area contributed by atoms with Gasteiger partial charge in [0.25, 0.3) is 0 Å². The van der Waals surface area contributed by atoms with Crippen molar-refractivity contribution in [2.45, 2.75) is 59.3 Å². The lowest BCUT2D eigenvalue weighted by molar-refractivity contribution is -0.137. The molecule has 0 fully saturated rings. The van der Waals surface area contributed by atoms with Crippen LogP contribution in [-0.4, -0.2) is 30.2 Å². The minimum Gasteiger partial charge on any atom is -0.478 e. The molecular formula is C14H26O4Si. The largest absolute Gasteiger partial charge is 0.478 e. The summed E-state index contributed by atoms with van der Waals surface area (Å²) in [5.41, 5.74) is -0.710. The summed E-state index contributed by atoms with van der Waals surface area (Å²) in [7, 11) is -1.80. The summed E-state index contributed by atoms with van der Waals surface area (Å²) in [5.74, 6) is -2.22. The smallest absolute Gasteiger partial charge is 0.332 e. The van der Waals surface area contributed by atoms with Gasteiger partial charge in [0.15, 0.2) is 0 Å². The van der Waals surface area contributed by atoms with Gasteiger partial charge >= 0.3 is 11.9 Å². The van der Waals surface area contributed by atoms with Crippen LogP contribution in [0.4, 0.5) is 0 Å². The molecule has 0 rings (SSSR count). The summed E-state index contributed by atoms with van der Waals surface area (Å²) < 4.78 is 0. The summed E-state index contributed by atoms with van der Waals surface area (Å²) >= 11 is 0. The van der Waals surface area contributed by atoms with Crippen LogP contribution in [0, 0.1) is 5.41 Å². The summed E-state index contributed by atoms with van der Waals surface area (Å²) in [6.07, 6.45) is 0.657. The van der Waals surface area contributed by atoms with Crippen molar-refractivity contribution in [3.8, 4) is 0 Å². The number of hydrogen-bond donors (Lipinski definition) is 2. The quantitative estimate of drug-likeness (QED) is 0.598. The second-order valence-corrected chi connectivity index (χ2v) is 12.4. The van der Waals surface area contributed by atoms with Gasteiger partial charge in [-0.25, -0.2) is 9.59 Å². The highest BCUT2D eigenvalue weighted by Crippen LogP contribution is 2.40. The van der Waals surface area contributed by atoms with Crippen molar-refractivity contribution in [3.63, 3.8) is 0 Å². The zero-order valence-corrected chi connectivity index (χ0v) is 14.0. The molecule has 2 N–H and O–H groups in total. The maximum atomic E-state index is 11.6. The van der Waals surface area contributed by atoms with E-state index in [1.165, 1.54) is 0 Å². The van der Waals surface area contributed by atoms with E-state index in [2.05, 4.69) is 19.6 Å². The summed E-state index contributed by atoms with van der Waals surface area (Å²) in [6, 6.07) is 0. The van der Waals surface area contributed by atoms with E-state index >= 15 is 0 Å². The van der Waals surface area contributed by atoms with Crippen molar-refractivity contribution in [1.82, 2.24) is 0 Å². The topological polar surface area (TPSA) is 74.6 Å². The first kappa shape index (κ1) is 17.9. The third-order valence-electron chi connectivity index (χ3n) is 3.27. The molecule has 0 aliphatic carbocycles. The predicted molar refractivity (Wildman–Crippen MR) is 79.1 cm³/mol. The lowest BCUT2D eigenvalue weighted by Gasteiger charge is -2.32. The molecule has 19 heavy (non-hydrogen) atoms. The number of carbonyl (C=O) groups is 2. The monoisotopic (exact) mass is 286 g/mol. The van der Waals surface area contributed by atoms with Crippen molar-refractivity contribution in [2.24, 2.45) is 5.41 Å². The minimum absolute atomic E-state index is 0.0364. The van der Waals surface area contributed by atoms with E-state index in [1.54, 1.807) is 20.8 Å². The Bertz CT molecular complexity index is 397. The highest BCUT2D eigenvalue weighted by atomic mass is 28.3. The van der Waals surface area contributed by atoms with Gasteiger partial charge in [-0.3, -0.25) is 0 Å². The summed E-state index contributed by atoms with van der Waals surface area (Å²) in [6.45, 7) is 13.4. The zero-order valence-electron chi connectivity index (χ0n) is 13.0. The highest BCUT2D eigenvalue weighted by molar-refractivity contribution is 6.78. The lowest BCUT2D eigenvalue weighted by Crippen LogP contribution is -2.35. The van der Waals surface area contributed by atoms with Gasteiger partial charge in [0.05, 0.1) is 13.6 Å². The fourth-order valence-electron chi connectivity index (χ4n) is 2.52. The van der Waals surface area contributed by atoms with Gasteiger partial charge in [-0.2, -0.15) is 0 Å². The number of rotatable bonds is 5. The predicted octanol–water partition coefficient (Wildman–Crippen LogP) is 3.62. The van der Waals surface area contributed by atoms with Crippen LogP contribution in [-0.2, 0) is 9.59 Å². The van der Waals surface area contributed by atoms with E-state index in [0.29, 0.717) is 6.42 Å². The van der Waals surface area contributed by atoms with Crippen LogP contribution in [0.3, 0.4) is 0 Å². The third-order valence-corrected chi connectivity index (χ3v) is 6.05. The lowest BCUT2D eigenvalue weighted by atomic mass is 9.82. The van der Waals surface area contributed by atoms with Gasteiger partial charge in [-0.15, -0.1) is 0 Å². The molecule has 0 aromatic carbocycles. The van der Waals surface area contributed by atoms with Gasteiger partial charge in [0.2, 0.25) is 0 Å². The molecule has 0 aliphatic rings. The van der Waals surface area contributed by atoms with Crippen LogP contribution in [0.2, 0.25) is 25.2 Å². The van der Waals surface area contributed by atoms with E-state index < -0.39 is 25.4 Å². The first-order valence-corrected chi connectivity index (χ1v) is 10.1. The molecule has 4 nitrogen and oxygen atoms in total. The Hall–Kier alpha value is -1.10. The van der Waals surface area contributed by atoms with E-state index in [-0.39, 0.29) is 16.7 Å². The molecule has 1 atom stereocenters. The maximum Gasteiger partial charge on any atom is 0.332 e. The molecular weight excluding hydrogens is 260 g/mol. The standard InChI is InChI=1S/C14H26O4Si/c1-8-9(19(5,6)7)10(12(15)16)11(13(17)18)14(2,3)4/h9H,8H2,1-7H3,(H,15,16)(H,17,18)/b11-10-. The minimum atomic E-state index is -1.80. The average Bonchev–Trinajstić information content (AvgIpc) is 2.11. The number of carboxylic acids is 2. The first-order valence-electron chi connectivity index (χ1n) is 6.55. The first-order chi connectivity index (χ1) is 8.34. The molecule has 0 aromatic heterocycles. The number of aliphatic carboxylic acids is 2. The molecule has 0 amide bonds. The van der Waals surface area contributed by atoms with Crippen LogP contribution in [0.15, 0.2) is 11.1 Å². The molecule has 0 aliphatic heterocycles. The Balaban J connectivity index is 6.29. The zero-order chi connectivity index (χ0) is 15.6. The summed E-state index contributed by atoms with van der Waals surface area (Å²) in [5, 5.41) is 19.0. The maximum absolute atomic E-state index is 11.6. The van der Waals surface area contributed by atoms with Crippen molar-refractivity contribution >= 4 is 20.0 Å². The Kier molecular flexibility index (Phi) is 5.56. The third kappa shape index (κ3) is 4.49. The molecule has 1 unspecified atom stereocenters. The molecule has 0 saturated heterocycles. The van der Waals surface area contributed by atoms with E-state index in [1.807, 2.05) is 6.92 Å². The fraction of sp³-hybridized carbons (Fsp3) is 0.714. The molecule has 0 radical (unpaired) electrons. The van der Waals surface area contributed by atoms with Crippen LogP contribution in [0.5, 0.6) is 0 Å². The Morgan fingerprint density at radius 3 is 1.63 bits per heavy atom. The molecule has 0 bridgehead atoms. The molecule has 5 heteroatoms. The normalized spacial score (nSPS) is 15.7. The van der Waals surface area contributed by atoms with Crippen molar-refractivity contribution < 1.29 is 19.8 Å². The van der Waals surface area contributed by atoms with Gasteiger partial charge in [0, 0.05) is 5.57 Å². The molecule has 0 heterocycles. The van der Waals surface area contributed by atoms with Crippen molar-refractivity contribution in [3.05, 3.63) is 11.1 Å². The second-order valence-electron chi connectivity index (χ2n) is 6.98. The second kappa shape index (κ2) is 5.90. The highest BCUT2D eigenvalue weighted by Gasteiger charge is 2.39. The molecule has 110 valence electrons. The van der Waals surface area contributed by atoms with Crippen molar-refractivity contribution in [1.29, 1.82) is 0 Å². The van der Waals surface area contributed by atoms with E-state index in [4.69, 9.17) is 0 Å². The SMILES string of the molecule is CCC(/C(C(=O)O)=C(\C(=O)O)C(C)(C)C)[Si](C)(C)C. The van der Waals surface area contributed by atoms with Crippen LogP contribution < -0.4 is 0 Å². The number of hydrogen-bond acceptors (Lipinski definition) is 2. The molecule has 0 spiro atoms. The van der Waals surface area contributed by atoms with Gasteiger partial charge in [0.1, 0.15) is 0 Å². The van der Waals surface area contributed by atoms with E-state index in [0.717, 1.165) is 0 Å². The Morgan fingerprint density at radius 2 is 1.47 bits per heavy atom. The van der Waals surface area contributed by atoms with Crippen LogP contribution in [0.1, 0.15) is 34.1 Å². The van der Waals surface area contributed by atoms with Crippen LogP contribution in [0.25, 0.3) is 0 Å². The van der Waals surface area contributed by atoms with Gasteiger partial charge in [-0.1, -0.05) is 53.8 Å². The van der Waals surface area contributed by atoms with Crippen LogP contribution >= 0.6 is 0 Å². The van der Waals surface area contributed by atoms with Gasteiger partial charge in [-0.05, 0) is 11.0 Å². The van der Waals surface area contributed by atoms with Gasteiger partial charge < -0.3 is 10.2 Å². The average molecular weight is 286 g/mol. The fourth-order valence-corrected chi connectivity index (χ4v) is 4.88. The number of carboxylic acid groups (broad SMARTS) is 2. The molecule has 0 saturated carbocycles.